The minimum absolute atomic E-state index is 0.122. The van der Waals surface area contributed by atoms with Gasteiger partial charge in [-0.2, -0.15) is 13.2 Å². The van der Waals surface area contributed by atoms with Gasteiger partial charge in [0.25, 0.3) is 0 Å². The third-order valence-electron chi connectivity index (χ3n) is 3.07. The number of alkyl halides is 3. The first-order valence-electron chi connectivity index (χ1n) is 7.50. The number of hydrogen-bond donors (Lipinski definition) is 0. The van der Waals surface area contributed by atoms with Crippen molar-refractivity contribution in [2.24, 2.45) is 0 Å². The third kappa shape index (κ3) is 6.77. The van der Waals surface area contributed by atoms with Crippen LogP contribution in [0.25, 0.3) is 4.72 Å². The van der Waals surface area contributed by atoms with E-state index in [0.29, 0.717) is 6.42 Å². The first kappa shape index (κ1) is 20.3. The Hall–Kier alpha value is -1.77. The van der Waals surface area contributed by atoms with Crippen molar-refractivity contribution in [2.75, 3.05) is 0 Å². The van der Waals surface area contributed by atoms with Crippen LogP contribution in [0.2, 0.25) is 0 Å². The van der Waals surface area contributed by atoms with Gasteiger partial charge in [-0.15, -0.1) is 5.69 Å². The number of sulfonamides is 1. The van der Waals surface area contributed by atoms with E-state index in [9.17, 15) is 26.4 Å². The van der Waals surface area contributed by atoms with Gasteiger partial charge < -0.3 is 9.46 Å². The maximum Gasteiger partial charge on any atom is 0.483 e. The van der Waals surface area contributed by atoms with Crippen LogP contribution in [0.3, 0.4) is 0 Å². The summed E-state index contributed by atoms with van der Waals surface area (Å²) in [5.74, 6) is -0.323. The van der Waals surface area contributed by atoms with Crippen molar-refractivity contribution in [2.45, 2.75) is 51.0 Å². The minimum Gasteiger partial charge on any atom is -0.569 e. The molecule has 0 radical (unpaired) electrons. The van der Waals surface area contributed by atoms with Crippen LogP contribution >= 0.6 is 0 Å². The van der Waals surface area contributed by atoms with Gasteiger partial charge in [0.15, 0.2) is 10.0 Å². The molecule has 0 unspecified atom stereocenters. The van der Waals surface area contributed by atoms with Gasteiger partial charge in [-0.25, -0.2) is 8.42 Å². The molecule has 0 spiro atoms. The summed E-state index contributed by atoms with van der Waals surface area (Å²) in [5.41, 5.74) is -5.85. The summed E-state index contributed by atoms with van der Waals surface area (Å²) in [4.78, 5) is 11.6. The molecule has 0 aliphatic heterocycles. The summed E-state index contributed by atoms with van der Waals surface area (Å²) in [6.07, 6.45) is 5.14. The molecule has 9 heteroatoms. The van der Waals surface area contributed by atoms with Crippen molar-refractivity contribution in [3.63, 3.8) is 0 Å². The summed E-state index contributed by atoms with van der Waals surface area (Å²) in [5, 5.41) is 0. The van der Waals surface area contributed by atoms with Gasteiger partial charge >= 0.3 is 11.5 Å². The predicted molar refractivity (Wildman–Crippen MR) is 83.4 cm³/mol. The maximum atomic E-state index is 12.2. The number of halogens is 3. The zero-order valence-corrected chi connectivity index (χ0v) is 14.0. The van der Waals surface area contributed by atoms with Crippen LogP contribution < -0.4 is 4.74 Å². The lowest BCUT2D eigenvalue weighted by Crippen LogP contribution is -2.20. The van der Waals surface area contributed by atoms with Crippen LogP contribution in [0.5, 0.6) is 5.75 Å². The second-order valence-electron chi connectivity index (χ2n) is 5.14. The van der Waals surface area contributed by atoms with E-state index in [-0.39, 0.29) is 12.2 Å². The molecule has 0 amide bonds. The Bertz CT molecular complexity index is 627. The summed E-state index contributed by atoms with van der Waals surface area (Å²) in [6, 6.07) is 4.46. The number of unbranched alkanes of at least 4 members (excludes halogenated alkanes) is 4. The molecule has 0 aliphatic carbocycles. The van der Waals surface area contributed by atoms with Crippen molar-refractivity contribution in [3.8, 4) is 5.75 Å². The topological polar surface area (TPSA) is 74.5 Å². The minimum atomic E-state index is -5.59. The van der Waals surface area contributed by atoms with E-state index in [1.807, 2.05) is 0 Å². The van der Waals surface area contributed by atoms with Gasteiger partial charge in [0, 0.05) is 6.42 Å². The van der Waals surface area contributed by atoms with Crippen LogP contribution in [0.1, 0.15) is 45.4 Å². The van der Waals surface area contributed by atoms with Gasteiger partial charge in [0.2, 0.25) is 0 Å². The monoisotopic (exact) mass is 366 g/mol. The Morgan fingerprint density at radius 3 is 2.21 bits per heavy atom. The fraction of sp³-hybridized carbons (Fsp3) is 0.533. The molecule has 0 atom stereocenters. The fourth-order valence-electron chi connectivity index (χ4n) is 1.82. The Balaban J connectivity index is 2.49. The van der Waals surface area contributed by atoms with Gasteiger partial charge in [-0.05, 0) is 18.6 Å². The molecule has 24 heavy (non-hydrogen) atoms. The summed E-state index contributed by atoms with van der Waals surface area (Å²) >= 11 is 0. The molecule has 0 saturated carbocycles. The number of benzene rings is 1. The highest BCUT2D eigenvalue weighted by molar-refractivity contribution is 7.95. The van der Waals surface area contributed by atoms with Crippen molar-refractivity contribution in [1.29, 1.82) is 0 Å². The molecular weight excluding hydrogens is 347 g/mol. The van der Waals surface area contributed by atoms with E-state index in [2.05, 4.69) is 11.6 Å². The molecule has 136 valence electrons. The molecule has 0 bridgehead atoms. The Kier molecular flexibility index (Phi) is 7.53. The molecule has 5 nitrogen and oxygen atoms in total. The normalized spacial score (nSPS) is 12.0. The molecule has 0 fully saturated rings. The van der Waals surface area contributed by atoms with E-state index in [1.54, 1.807) is 0 Å². The van der Waals surface area contributed by atoms with Crippen molar-refractivity contribution < 1.29 is 31.1 Å². The van der Waals surface area contributed by atoms with E-state index in [4.69, 9.17) is 4.74 Å². The standard InChI is InChI=1S/C15H19F3NO4S/c1-2-3-4-5-6-7-14(20)23-13-10-8-12(9-11-13)19-24(21,22)15(16,17)18/h8-11H,2-7H2,1H3/q-1. The van der Waals surface area contributed by atoms with E-state index in [1.165, 1.54) is 12.1 Å². The molecule has 0 aliphatic rings. The van der Waals surface area contributed by atoms with Crippen molar-refractivity contribution in [3.05, 3.63) is 29.0 Å². The highest BCUT2D eigenvalue weighted by Gasteiger charge is 2.39. The lowest BCUT2D eigenvalue weighted by atomic mass is 10.1. The largest absolute Gasteiger partial charge is 0.569 e. The molecule has 0 saturated heterocycles. The van der Waals surface area contributed by atoms with Crippen LogP contribution in [0.4, 0.5) is 18.9 Å². The summed E-state index contributed by atoms with van der Waals surface area (Å²) < 4.78 is 66.1. The molecule has 0 aromatic heterocycles. The average Bonchev–Trinajstić information content (AvgIpc) is 2.47. The molecular formula is C15H19F3NO4S-. The maximum absolute atomic E-state index is 12.2. The lowest BCUT2D eigenvalue weighted by molar-refractivity contribution is -0.134. The number of hydrogen-bond acceptors (Lipinski definition) is 4. The highest BCUT2D eigenvalue weighted by atomic mass is 32.2. The first-order chi connectivity index (χ1) is 11.2. The van der Waals surface area contributed by atoms with Crippen LogP contribution in [-0.4, -0.2) is 19.9 Å². The number of esters is 1. The molecule has 0 N–H and O–H groups in total. The van der Waals surface area contributed by atoms with Crippen LogP contribution in [0, 0.1) is 0 Å². The van der Waals surface area contributed by atoms with Gasteiger partial charge in [-0.3, -0.25) is 4.79 Å². The number of carbonyl (C=O) groups is 1. The molecule has 0 heterocycles. The van der Waals surface area contributed by atoms with E-state index in [0.717, 1.165) is 37.8 Å². The van der Waals surface area contributed by atoms with Crippen molar-refractivity contribution in [1.82, 2.24) is 0 Å². The Morgan fingerprint density at radius 1 is 1.08 bits per heavy atom. The average molecular weight is 366 g/mol. The van der Waals surface area contributed by atoms with Gasteiger partial charge in [0.1, 0.15) is 5.75 Å². The summed E-state index contributed by atoms with van der Waals surface area (Å²) in [7, 11) is -5.59. The third-order valence-corrected chi connectivity index (χ3v) is 4.11. The van der Waals surface area contributed by atoms with Crippen LogP contribution in [-0.2, 0) is 14.8 Å². The number of carbonyl (C=O) groups excluding carboxylic acids is 1. The van der Waals surface area contributed by atoms with E-state index < -0.39 is 27.2 Å². The second-order valence-corrected chi connectivity index (χ2v) is 6.74. The second kappa shape index (κ2) is 8.91. The summed E-state index contributed by atoms with van der Waals surface area (Å²) in [6.45, 7) is 2.09. The van der Waals surface area contributed by atoms with Gasteiger partial charge in [0.05, 0.1) is 0 Å². The number of rotatable bonds is 9. The zero-order valence-electron chi connectivity index (χ0n) is 13.2. The smallest absolute Gasteiger partial charge is 0.483 e. The first-order valence-corrected chi connectivity index (χ1v) is 8.95. The molecule has 1 aromatic carbocycles. The SMILES string of the molecule is CCCCCCCC(=O)Oc1ccc([N-]S(=O)(=O)C(F)(F)F)cc1. The molecule has 1 rings (SSSR count). The highest BCUT2D eigenvalue weighted by Crippen LogP contribution is 2.34. The van der Waals surface area contributed by atoms with Gasteiger partial charge in [-0.1, -0.05) is 44.7 Å². The number of ether oxygens (including phenoxy) is 1. The van der Waals surface area contributed by atoms with Crippen molar-refractivity contribution >= 4 is 21.7 Å². The number of nitrogens with zero attached hydrogens (tertiary/aromatic N) is 1. The van der Waals surface area contributed by atoms with E-state index >= 15 is 0 Å². The van der Waals surface area contributed by atoms with Crippen LogP contribution in [0.15, 0.2) is 24.3 Å². The Morgan fingerprint density at radius 2 is 1.67 bits per heavy atom. The zero-order chi connectivity index (χ0) is 18.2. The lowest BCUT2D eigenvalue weighted by Gasteiger charge is -2.23. The molecule has 1 aromatic rings. The Labute approximate surface area is 139 Å². The predicted octanol–water partition coefficient (Wildman–Crippen LogP) is 4.81. The fourth-order valence-corrected chi connectivity index (χ4v) is 2.32. The quantitative estimate of drug-likeness (QED) is 0.357.